The molecule has 16 atom stereocenters. The van der Waals surface area contributed by atoms with E-state index in [2.05, 4.69) is 0 Å². The quantitative estimate of drug-likeness (QED) is 0.157. The Hall–Kier alpha value is -0.560. The number of aliphatic hydroxyl groups is 6. The summed E-state index contributed by atoms with van der Waals surface area (Å²) >= 11 is 0. The van der Waals surface area contributed by atoms with Crippen LogP contribution in [-0.4, -0.2) is 128 Å². The Morgan fingerprint density at radius 3 is 1.69 bits per heavy atom. The monoisotopic (exact) mass is 530 g/mol. The summed E-state index contributed by atoms with van der Waals surface area (Å²) in [4.78, 5) is 0. The van der Waals surface area contributed by atoms with Gasteiger partial charge in [-0.25, -0.2) is 0 Å². The van der Waals surface area contributed by atoms with Crippen LogP contribution in [-0.2, 0) is 18.9 Å². The third-order valence-electron chi connectivity index (χ3n) is 6.58. The van der Waals surface area contributed by atoms with Gasteiger partial charge in [-0.15, -0.1) is 0 Å². The molecule has 1 saturated carbocycles. The molecule has 0 aromatic carbocycles. The van der Waals surface area contributed by atoms with Crippen LogP contribution in [0.5, 0.6) is 0 Å². The molecule has 5 unspecified atom stereocenters. The summed E-state index contributed by atoms with van der Waals surface area (Å²) < 4.78 is 22.9. The lowest BCUT2D eigenvalue weighted by Gasteiger charge is -2.47. The highest BCUT2D eigenvalue weighted by Crippen LogP contribution is 2.32. The van der Waals surface area contributed by atoms with Gasteiger partial charge in [0.1, 0.15) is 48.8 Å². The Balaban J connectivity index is 0.00000408. The highest BCUT2D eigenvalue weighted by Gasteiger charge is 2.53. The Morgan fingerprint density at radius 2 is 1.19 bits per heavy atom. The van der Waals surface area contributed by atoms with Crippen LogP contribution in [0.4, 0.5) is 0 Å². The molecule has 36 heavy (non-hydrogen) atoms. The van der Waals surface area contributed by atoms with Crippen molar-refractivity contribution in [3.8, 4) is 0 Å². The van der Waals surface area contributed by atoms with E-state index in [0.29, 0.717) is 0 Å². The summed E-state index contributed by atoms with van der Waals surface area (Å²) in [6, 6.07) is -3.41. The molecule has 0 bridgehead atoms. The molecule has 0 spiro atoms. The van der Waals surface area contributed by atoms with Crippen LogP contribution in [0.25, 0.3) is 0 Å². The lowest BCUT2D eigenvalue weighted by Crippen LogP contribution is -2.68. The number of aliphatic hydroxyl groups excluding tert-OH is 6. The number of hydrogen-bond donors (Lipinski definition) is 10. The summed E-state index contributed by atoms with van der Waals surface area (Å²) in [5.41, 5.74) is 24.0. The number of nitrogens with two attached hydrogens (primary N) is 4. The summed E-state index contributed by atoms with van der Waals surface area (Å²) in [6.07, 6.45) is -15.2. The fraction of sp³-hybridized carbons (Fsp3) is 1.00. The fourth-order valence-corrected chi connectivity index (χ4v) is 4.57. The van der Waals surface area contributed by atoms with Gasteiger partial charge in [-0.1, -0.05) is 22.3 Å². The average Bonchev–Trinajstić information content (AvgIpc) is 3.02. The molecule has 3 fully saturated rings. The van der Waals surface area contributed by atoms with E-state index in [1.54, 1.807) is 6.92 Å². The SMILES string of the molecule is C.C.C.C[C@H](N)[C@H]1O[C@@H](O[C@@H]2C(O)[C@H](N)CC(N)[C@H]2O[C@H]2OC([C@@H](C)O)[C@@H](O)[C@H](O)C2N)C(O)[C@H]1O. The van der Waals surface area contributed by atoms with Gasteiger partial charge in [0, 0.05) is 18.1 Å². The van der Waals surface area contributed by atoms with Gasteiger partial charge in [-0.2, -0.15) is 0 Å². The molecule has 2 saturated heterocycles. The van der Waals surface area contributed by atoms with E-state index in [-0.39, 0.29) is 28.7 Å². The number of ether oxygens (including phenoxy) is 4. The van der Waals surface area contributed by atoms with Crippen LogP contribution in [0.2, 0.25) is 0 Å². The van der Waals surface area contributed by atoms with Crippen molar-refractivity contribution in [2.24, 2.45) is 22.9 Å². The molecule has 14 nitrogen and oxygen atoms in total. The zero-order chi connectivity index (χ0) is 24.8. The first-order valence-corrected chi connectivity index (χ1v) is 11.1. The van der Waals surface area contributed by atoms with E-state index in [9.17, 15) is 30.6 Å². The first-order chi connectivity index (χ1) is 15.3. The molecule has 14 heteroatoms. The lowest BCUT2D eigenvalue weighted by molar-refractivity contribution is -0.315. The topological polar surface area (TPSA) is 262 Å². The minimum absolute atomic E-state index is 0. The molecule has 0 aromatic heterocycles. The predicted molar refractivity (Wildman–Crippen MR) is 131 cm³/mol. The van der Waals surface area contributed by atoms with Crippen LogP contribution in [0.3, 0.4) is 0 Å². The van der Waals surface area contributed by atoms with Crippen LogP contribution >= 0.6 is 0 Å². The van der Waals surface area contributed by atoms with Gasteiger partial charge in [-0.05, 0) is 20.3 Å². The Bertz CT molecular complexity index is 650. The molecule has 2 heterocycles. The molecule has 0 aromatic rings. The van der Waals surface area contributed by atoms with Gasteiger partial charge in [0.15, 0.2) is 12.6 Å². The fourth-order valence-electron chi connectivity index (χ4n) is 4.57. The van der Waals surface area contributed by atoms with Gasteiger partial charge in [-0.3, -0.25) is 0 Å². The summed E-state index contributed by atoms with van der Waals surface area (Å²) in [5.74, 6) is 0. The van der Waals surface area contributed by atoms with Crippen LogP contribution in [0.15, 0.2) is 0 Å². The third-order valence-corrected chi connectivity index (χ3v) is 6.58. The first-order valence-electron chi connectivity index (χ1n) is 11.1. The lowest BCUT2D eigenvalue weighted by atomic mass is 9.84. The molecule has 3 rings (SSSR count). The van der Waals surface area contributed by atoms with Crippen molar-refractivity contribution in [1.29, 1.82) is 0 Å². The number of rotatable bonds is 6. The molecule has 2 aliphatic heterocycles. The minimum atomic E-state index is -1.48. The third kappa shape index (κ3) is 6.90. The molecule has 1 aliphatic carbocycles. The van der Waals surface area contributed by atoms with E-state index < -0.39 is 97.8 Å². The van der Waals surface area contributed by atoms with Gasteiger partial charge in [0.25, 0.3) is 0 Å². The Morgan fingerprint density at radius 1 is 0.694 bits per heavy atom. The van der Waals surface area contributed by atoms with E-state index >= 15 is 0 Å². The van der Waals surface area contributed by atoms with E-state index in [1.165, 1.54) is 6.92 Å². The smallest absolute Gasteiger partial charge is 0.187 e. The van der Waals surface area contributed by atoms with Crippen molar-refractivity contribution < 1.29 is 49.6 Å². The van der Waals surface area contributed by atoms with Crippen molar-refractivity contribution >= 4 is 0 Å². The summed E-state index contributed by atoms with van der Waals surface area (Å²) in [6.45, 7) is 2.96. The standard InChI is InChI=1S/C19H38N4O10.3CH4/c1-4(20)14-12(28)13(29)19(30-14)33-17-9(25)6(21)3-7(22)16(17)32-18-8(23)10(26)11(27)15(31-18)5(2)24;;;/h4-19,24-29H,3,20-23H2,1-2H3;3*1H4/t4-,5+,6+,7?,8?,9?,10+,11-,12+,13?,14+,15?,16+,17+,18+,19-;;;/m0.../s1. The molecule has 0 radical (unpaired) electrons. The molecule has 14 N–H and O–H groups in total. The number of hydrogen-bond acceptors (Lipinski definition) is 14. The van der Waals surface area contributed by atoms with E-state index in [4.69, 9.17) is 41.9 Å². The normalized spacial score (nSPS) is 48.7. The Kier molecular flexibility index (Phi) is 13.8. The second-order valence-corrected chi connectivity index (χ2v) is 9.33. The molecular formula is C22H50N4O10. The van der Waals surface area contributed by atoms with Gasteiger partial charge < -0.3 is 72.5 Å². The van der Waals surface area contributed by atoms with Crippen molar-refractivity contribution in [2.45, 2.75) is 140 Å². The van der Waals surface area contributed by atoms with Gasteiger partial charge in [0.05, 0.1) is 18.2 Å². The molecule has 218 valence electrons. The second kappa shape index (κ2) is 14.0. The maximum Gasteiger partial charge on any atom is 0.187 e. The van der Waals surface area contributed by atoms with Crippen molar-refractivity contribution in [3.05, 3.63) is 0 Å². The molecule has 3 aliphatic rings. The van der Waals surface area contributed by atoms with Gasteiger partial charge >= 0.3 is 0 Å². The largest absolute Gasteiger partial charge is 0.391 e. The van der Waals surface area contributed by atoms with Crippen LogP contribution in [0.1, 0.15) is 42.5 Å². The zero-order valence-corrected chi connectivity index (χ0v) is 18.6. The maximum absolute atomic E-state index is 10.7. The summed E-state index contributed by atoms with van der Waals surface area (Å²) in [7, 11) is 0. The van der Waals surface area contributed by atoms with Crippen LogP contribution in [0, 0.1) is 0 Å². The predicted octanol–water partition coefficient (Wildman–Crippen LogP) is -3.97. The minimum Gasteiger partial charge on any atom is -0.391 e. The van der Waals surface area contributed by atoms with Crippen molar-refractivity contribution in [2.75, 3.05) is 0 Å². The first kappa shape index (κ1) is 35.4. The molecule has 0 amide bonds. The highest BCUT2D eigenvalue weighted by atomic mass is 16.7. The van der Waals surface area contributed by atoms with E-state index in [1.807, 2.05) is 0 Å². The average molecular weight is 531 g/mol. The zero-order valence-electron chi connectivity index (χ0n) is 18.6. The molecular weight excluding hydrogens is 480 g/mol. The van der Waals surface area contributed by atoms with Crippen molar-refractivity contribution in [1.82, 2.24) is 0 Å². The Labute approximate surface area is 213 Å². The van der Waals surface area contributed by atoms with Crippen LogP contribution < -0.4 is 22.9 Å². The maximum atomic E-state index is 10.7. The van der Waals surface area contributed by atoms with Crippen molar-refractivity contribution in [3.63, 3.8) is 0 Å². The van der Waals surface area contributed by atoms with Gasteiger partial charge in [0.2, 0.25) is 0 Å². The second-order valence-electron chi connectivity index (χ2n) is 9.33. The highest BCUT2D eigenvalue weighted by molar-refractivity contribution is 5.02. The summed E-state index contributed by atoms with van der Waals surface area (Å²) in [5, 5.41) is 61.6. The van der Waals surface area contributed by atoms with E-state index in [0.717, 1.165) is 0 Å².